The predicted molar refractivity (Wildman–Crippen MR) is 107 cm³/mol. The molecule has 1 N–H and O–H groups in total. The lowest BCUT2D eigenvalue weighted by Crippen LogP contribution is -2.51. The van der Waals surface area contributed by atoms with Crippen molar-refractivity contribution in [2.24, 2.45) is 0 Å². The molecule has 146 valence electrons. The second kappa shape index (κ2) is 7.50. The SMILES string of the molecule is COc1ccc2c(c1)[C@@H](C(=O)N1CCN(c3ncccc3C)CC1)CC(=O)N2. The summed E-state index contributed by atoms with van der Waals surface area (Å²) < 4.78 is 5.30. The van der Waals surface area contributed by atoms with E-state index in [-0.39, 0.29) is 18.2 Å². The van der Waals surface area contributed by atoms with Crippen molar-refractivity contribution in [3.63, 3.8) is 0 Å². The molecular weight excluding hydrogens is 356 g/mol. The van der Waals surface area contributed by atoms with E-state index >= 15 is 0 Å². The molecule has 0 bridgehead atoms. The van der Waals surface area contributed by atoms with E-state index in [0.29, 0.717) is 24.5 Å². The molecule has 28 heavy (non-hydrogen) atoms. The Morgan fingerprint density at radius 1 is 1.21 bits per heavy atom. The molecule has 1 aromatic heterocycles. The van der Waals surface area contributed by atoms with Crippen molar-refractivity contribution in [3.05, 3.63) is 47.7 Å². The van der Waals surface area contributed by atoms with Crippen LogP contribution in [0.5, 0.6) is 5.75 Å². The van der Waals surface area contributed by atoms with Gasteiger partial charge in [0.15, 0.2) is 0 Å². The lowest BCUT2D eigenvalue weighted by molar-refractivity contribution is -0.135. The van der Waals surface area contributed by atoms with Gasteiger partial charge in [0, 0.05) is 44.5 Å². The van der Waals surface area contributed by atoms with Gasteiger partial charge in [0.05, 0.1) is 13.0 Å². The van der Waals surface area contributed by atoms with Crippen molar-refractivity contribution in [1.29, 1.82) is 0 Å². The van der Waals surface area contributed by atoms with Gasteiger partial charge in [-0.2, -0.15) is 0 Å². The highest BCUT2D eigenvalue weighted by Crippen LogP contribution is 2.36. The molecular formula is C21H24N4O3. The van der Waals surface area contributed by atoms with Crippen LogP contribution in [0.25, 0.3) is 0 Å². The maximum atomic E-state index is 13.2. The highest BCUT2D eigenvalue weighted by Gasteiger charge is 2.35. The van der Waals surface area contributed by atoms with Gasteiger partial charge < -0.3 is 19.9 Å². The Bertz CT molecular complexity index is 906. The number of methoxy groups -OCH3 is 1. The third kappa shape index (κ3) is 3.40. The van der Waals surface area contributed by atoms with Gasteiger partial charge in [-0.05, 0) is 42.3 Å². The van der Waals surface area contributed by atoms with Crippen LogP contribution in [0.4, 0.5) is 11.5 Å². The fourth-order valence-corrected chi connectivity index (χ4v) is 3.95. The largest absolute Gasteiger partial charge is 0.497 e. The van der Waals surface area contributed by atoms with Crippen LogP contribution in [0.3, 0.4) is 0 Å². The van der Waals surface area contributed by atoms with Crippen molar-refractivity contribution in [3.8, 4) is 5.75 Å². The van der Waals surface area contributed by atoms with Crippen LogP contribution >= 0.6 is 0 Å². The van der Waals surface area contributed by atoms with Crippen LogP contribution < -0.4 is 15.0 Å². The molecule has 0 radical (unpaired) electrons. The summed E-state index contributed by atoms with van der Waals surface area (Å²) in [6, 6.07) is 9.42. The van der Waals surface area contributed by atoms with Gasteiger partial charge in [-0.25, -0.2) is 4.98 Å². The number of piperazine rings is 1. The fraction of sp³-hybridized carbons (Fsp3) is 0.381. The van der Waals surface area contributed by atoms with Gasteiger partial charge in [-0.1, -0.05) is 6.07 Å². The van der Waals surface area contributed by atoms with Crippen LogP contribution in [0, 0.1) is 6.92 Å². The molecule has 2 aliphatic heterocycles. The number of aryl methyl sites for hydroxylation is 1. The summed E-state index contributed by atoms with van der Waals surface area (Å²) in [5.41, 5.74) is 2.65. The van der Waals surface area contributed by atoms with Crippen LogP contribution in [0.15, 0.2) is 36.5 Å². The first-order valence-corrected chi connectivity index (χ1v) is 9.50. The first-order valence-electron chi connectivity index (χ1n) is 9.50. The molecule has 1 fully saturated rings. The summed E-state index contributed by atoms with van der Waals surface area (Å²) >= 11 is 0. The van der Waals surface area contributed by atoms with Crippen molar-refractivity contribution < 1.29 is 14.3 Å². The number of amides is 2. The molecule has 2 aliphatic rings. The summed E-state index contributed by atoms with van der Waals surface area (Å²) in [5, 5.41) is 2.85. The first-order chi connectivity index (χ1) is 13.6. The number of carbonyl (C=O) groups is 2. The summed E-state index contributed by atoms with van der Waals surface area (Å²) in [6.45, 7) is 4.74. The summed E-state index contributed by atoms with van der Waals surface area (Å²) in [7, 11) is 1.60. The zero-order chi connectivity index (χ0) is 19.7. The maximum Gasteiger partial charge on any atom is 0.230 e. The molecule has 1 aromatic carbocycles. The molecule has 0 unspecified atom stereocenters. The molecule has 4 rings (SSSR count). The second-order valence-electron chi connectivity index (χ2n) is 7.21. The topological polar surface area (TPSA) is 74.8 Å². The number of benzene rings is 1. The molecule has 7 nitrogen and oxygen atoms in total. The number of fused-ring (bicyclic) bond motifs is 1. The van der Waals surface area contributed by atoms with Gasteiger partial charge in [-0.3, -0.25) is 9.59 Å². The average Bonchev–Trinajstić information content (AvgIpc) is 2.73. The van der Waals surface area contributed by atoms with Gasteiger partial charge in [-0.15, -0.1) is 0 Å². The third-order valence-corrected chi connectivity index (χ3v) is 5.47. The minimum Gasteiger partial charge on any atom is -0.497 e. The highest BCUT2D eigenvalue weighted by atomic mass is 16.5. The van der Waals surface area contributed by atoms with Gasteiger partial charge in [0.25, 0.3) is 0 Å². The fourth-order valence-electron chi connectivity index (χ4n) is 3.95. The lowest BCUT2D eigenvalue weighted by Gasteiger charge is -2.38. The molecule has 2 amide bonds. The molecule has 0 aliphatic carbocycles. The average molecular weight is 380 g/mol. The molecule has 0 spiro atoms. The number of carbonyl (C=O) groups excluding carboxylic acids is 2. The number of hydrogen-bond acceptors (Lipinski definition) is 5. The Labute approximate surface area is 164 Å². The monoisotopic (exact) mass is 380 g/mol. The predicted octanol–water partition coefficient (Wildman–Crippen LogP) is 2.17. The van der Waals surface area contributed by atoms with E-state index in [9.17, 15) is 9.59 Å². The number of hydrogen-bond donors (Lipinski definition) is 1. The smallest absolute Gasteiger partial charge is 0.230 e. The Balaban J connectivity index is 1.50. The van der Waals surface area contributed by atoms with Crippen molar-refractivity contribution in [2.75, 3.05) is 43.5 Å². The molecule has 7 heteroatoms. The normalized spacial score (nSPS) is 19.1. The summed E-state index contributed by atoms with van der Waals surface area (Å²) in [6.07, 6.45) is 1.96. The minimum atomic E-state index is -0.470. The van der Waals surface area contributed by atoms with Gasteiger partial charge in [0.1, 0.15) is 11.6 Å². The van der Waals surface area contributed by atoms with Crippen LogP contribution in [0.2, 0.25) is 0 Å². The Morgan fingerprint density at radius 2 is 2.00 bits per heavy atom. The number of nitrogens with one attached hydrogen (secondary N) is 1. The van der Waals surface area contributed by atoms with Gasteiger partial charge >= 0.3 is 0 Å². The highest BCUT2D eigenvalue weighted by molar-refractivity contribution is 6.01. The maximum absolute atomic E-state index is 13.2. The molecule has 1 saturated heterocycles. The van der Waals surface area contributed by atoms with E-state index in [1.165, 1.54) is 0 Å². The number of anilines is 2. The van der Waals surface area contributed by atoms with Crippen molar-refractivity contribution in [1.82, 2.24) is 9.88 Å². The van der Waals surface area contributed by atoms with E-state index in [2.05, 4.69) is 15.2 Å². The Hall–Kier alpha value is -3.09. The number of ether oxygens (including phenoxy) is 1. The van der Waals surface area contributed by atoms with E-state index in [4.69, 9.17) is 4.74 Å². The lowest BCUT2D eigenvalue weighted by atomic mass is 9.89. The molecule has 3 heterocycles. The zero-order valence-corrected chi connectivity index (χ0v) is 16.1. The van der Waals surface area contributed by atoms with Crippen molar-refractivity contribution in [2.45, 2.75) is 19.3 Å². The summed E-state index contributed by atoms with van der Waals surface area (Å²) in [4.78, 5) is 33.9. The van der Waals surface area contributed by atoms with Crippen LogP contribution in [-0.4, -0.2) is 55.0 Å². The van der Waals surface area contributed by atoms with E-state index in [0.717, 1.165) is 30.0 Å². The Kier molecular flexibility index (Phi) is 4.90. The number of nitrogens with zero attached hydrogens (tertiary/aromatic N) is 3. The third-order valence-electron chi connectivity index (χ3n) is 5.47. The van der Waals surface area contributed by atoms with Gasteiger partial charge in [0.2, 0.25) is 11.8 Å². The Morgan fingerprint density at radius 3 is 2.71 bits per heavy atom. The van der Waals surface area contributed by atoms with E-state index in [1.807, 2.05) is 30.0 Å². The van der Waals surface area contributed by atoms with E-state index < -0.39 is 5.92 Å². The van der Waals surface area contributed by atoms with E-state index in [1.54, 1.807) is 25.4 Å². The second-order valence-corrected chi connectivity index (χ2v) is 7.21. The molecule has 1 atom stereocenters. The number of pyridine rings is 1. The number of aromatic nitrogens is 1. The molecule has 2 aromatic rings. The first kappa shape index (κ1) is 18.3. The zero-order valence-electron chi connectivity index (χ0n) is 16.1. The minimum absolute atomic E-state index is 0.00162. The quantitative estimate of drug-likeness (QED) is 0.883. The molecule has 0 saturated carbocycles. The van der Waals surface area contributed by atoms with Crippen LogP contribution in [0.1, 0.15) is 23.5 Å². The van der Waals surface area contributed by atoms with Crippen LogP contribution in [-0.2, 0) is 9.59 Å². The number of rotatable bonds is 3. The van der Waals surface area contributed by atoms with Crippen molar-refractivity contribution >= 4 is 23.3 Å². The standard InChI is InChI=1S/C21H24N4O3/c1-14-4-3-7-22-20(14)24-8-10-25(11-9-24)21(27)17-13-19(26)23-18-6-5-15(28-2)12-16(17)18/h3-7,12,17H,8-11,13H2,1-2H3,(H,23,26)/t17-/m0/s1. The summed E-state index contributed by atoms with van der Waals surface area (Å²) in [5.74, 6) is 1.06.